The third kappa shape index (κ3) is 6.32. The third-order valence-corrected chi connectivity index (χ3v) is 13.5. The summed E-state index contributed by atoms with van der Waals surface area (Å²) in [7, 11) is -3.48. The van der Waals surface area contributed by atoms with Gasteiger partial charge in [-0.2, -0.15) is 0 Å². The largest absolute Gasteiger partial charge is 0.317 e. The summed E-state index contributed by atoms with van der Waals surface area (Å²) in [6.45, 7) is 22.1. The van der Waals surface area contributed by atoms with Gasteiger partial charge in [-0.05, 0) is 115 Å². The lowest BCUT2D eigenvalue weighted by Crippen LogP contribution is -2.25. The van der Waals surface area contributed by atoms with E-state index >= 15 is 4.57 Å². The van der Waals surface area contributed by atoms with E-state index in [0.717, 1.165) is 16.4 Å². The third-order valence-electron chi connectivity index (χ3n) is 9.74. The number of rotatable bonds is 9. The maximum atomic E-state index is 17.7. The predicted molar refractivity (Wildman–Crippen MR) is 200 cm³/mol. The second-order valence-corrected chi connectivity index (χ2v) is 17.0. The van der Waals surface area contributed by atoms with Gasteiger partial charge in [-0.15, -0.1) is 0 Å². The second kappa shape index (κ2) is 13.6. The molecule has 5 aromatic carbocycles. The molecular weight excluding hydrogens is 575 g/mol. The molecule has 5 aromatic rings. The van der Waals surface area contributed by atoms with Crippen molar-refractivity contribution in [2.24, 2.45) is 0 Å². The van der Waals surface area contributed by atoms with Gasteiger partial charge < -0.3 is 4.57 Å². The minimum atomic E-state index is -3.48. The first kappa shape index (κ1) is 33.7. The Morgan fingerprint density at radius 2 is 0.848 bits per heavy atom. The molecule has 5 rings (SSSR count). The van der Waals surface area contributed by atoms with Gasteiger partial charge in [-0.1, -0.05) is 136 Å². The van der Waals surface area contributed by atoms with Crippen LogP contribution in [0.4, 0.5) is 0 Å². The summed E-state index contributed by atoms with van der Waals surface area (Å²) >= 11 is 0. The maximum Gasteiger partial charge on any atom is 0.138 e. The van der Waals surface area contributed by atoms with Crippen molar-refractivity contribution in [3.8, 4) is 0 Å². The van der Waals surface area contributed by atoms with E-state index in [2.05, 4.69) is 172 Å². The van der Waals surface area contributed by atoms with Gasteiger partial charge in [0, 0.05) is 5.30 Å². The molecule has 0 fully saturated rings. The molecule has 238 valence electrons. The summed E-state index contributed by atoms with van der Waals surface area (Å²) in [6.07, 6.45) is 0. The van der Waals surface area contributed by atoms with E-state index in [9.17, 15) is 0 Å². The van der Waals surface area contributed by atoms with Crippen LogP contribution in [-0.2, 0) is 4.57 Å². The lowest BCUT2D eigenvalue weighted by molar-refractivity contribution is 0.570. The molecule has 1 nitrogen and oxygen atoms in total. The lowest BCUT2D eigenvalue weighted by Gasteiger charge is -2.40. The number of hydrogen-bond donors (Lipinski definition) is 0. The zero-order valence-corrected chi connectivity index (χ0v) is 30.4. The summed E-state index contributed by atoms with van der Waals surface area (Å²) in [5.41, 5.74) is 13.5. The van der Waals surface area contributed by atoms with Crippen LogP contribution >= 0.6 is 7.14 Å². The Labute approximate surface area is 278 Å². The van der Waals surface area contributed by atoms with E-state index in [1.165, 1.54) is 55.6 Å². The molecule has 0 saturated carbocycles. The molecule has 2 atom stereocenters. The van der Waals surface area contributed by atoms with Gasteiger partial charge in [0.25, 0.3) is 0 Å². The van der Waals surface area contributed by atoms with E-state index < -0.39 is 7.14 Å². The molecule has 0 aliphatic carbocycles. The zero-order valence-electron chi connectivity index (χ0n) is 29.5. The maximum absolute atomic E-state index is 17.7. The van der Waals surface area contributed by atoms with Crippen LogP contribution in [0.25, 0.3) is 0 Å². The van der Waals surface area contributed by atoms with Crippen molar-refractivity contribution in [2.75, 3.05) is 0 Å². The van der Waals surface area contributed by atoms with Crippen LogP contribution in [0.3, 0.4) is 0 Å². The standard InChI is InChI=1S/C44H51OP/c1-28(2)38-21-22-39(29(3)4)40(27-38)46(45,43(36-17-13-11-14-18-36)41-32(7)23-30(5)24-33(41)8)44(37-19-15-12-16-20-37)42-34(9)25-31(6)26-35(42)10/h11-29,43-44H,1-10H3. The first-order chi connectivity index (χ1) is 21.8. The van der Waals surface area contributed by atoms with Crippen molar-refractivity contribution in [1.29, 1.82) is 0 Å². The number of benzene rings is 5. The van der Waals surface area contributed by atoms with Crippen molar-refractivity contribution in [2.45, 2.75) is 92.4 Å². The zero-order chi connectivity index (χ0) is 33.3. The molecule has 0 amide bonds. The molecule has 0 aliphatic rings. The molecular formula is C44H51OP. The highest BCUT2D eigenvalue weighted by Crippen LogP contribution is 2.73. The van der Waals surface area contributed by atoms with Crippen LogP contribution in [0.15, 0.2) is 103 Å². The average molecular weight is 627 g/mol. The highest BCUT2D eigenvalue weighted by Gasteiger charge is 2.48. The van der Waals surface area contributed by atoms with E-state index in [1.54, 1.807) is 0 Å². The van der Waals surface area contributed by atoms with E-state index in [-0.39, 0.29) is 17.2 Å². The summed E-state index contributed by atoms with van der Waals surface area (Å²) in [5, 5.41) is 1.02. The van der Waals surface area contributed by atoms with Crippen LogP contribution in [0.2, 0.25) is 0 Å². The smallest absolute Gasteiger partial charge is 0.138 e. The molecule has 0 heterocycles. The van der Waals surface area contributed by atoms with Crippen LogP contribution in [0.5, 0.6) is 0 Å². The Kier molecular flexibility index (Phi) is 9.95. The Morgan fingerprint density at radius 3 is 1.20 bits per heavy atom. The summed E-state index contributed by atoms with van der Waals surface area (Å²) in [4.78, 5) is 0. The average Bonchev–Trinajstić information content (AvgIpc) is 3.00. The normalized spacial score (nSPS) is 14.3. The minimum Gasteiger partial charge on any atom is -0.317 e. The highest BCUT2D eigenvalue weighted by atomic mass is 31.2. The fourth-order valence-corrected chi connectivity index (χ4v) is 12.6. The Hall–Kier alpha value is -3.67. The van der Waals surface area contributed by atoms with Crippen molar-refractivity contribution in [3.63, 3.8) is 0 Å². The van der Waals surface area contributed by atoms with Gasteiger partial charge in [0.1, 0.15) is 7.14 Å². The van der Waals surface area contributed by atoms with Crippen LogP contribution in [0, 0.1) is 41.5 Å². The summed E-state index contributed by atoms with van der Waals surface area (Å²) < 4.78 is 17.7. The lowest BCUT2D eigenvalue weighted by atomic mass is 9.93. The van der Waals surface area contributed by atoms with E-state index in [1.807, 2.05) is 0 Å². The van der Waals surface area contributed by atoms with Gasteiger partial charge in [-0.3, -0.25) is 0 Å². The topological polar surface area (TPSA) is 17.1 Å². The fraction of sp³-hybridized carbons (Fsp3) is 0.318. The van der Waals surface area contributed by atoms with Gasteiger partial charge >= 0.3 is 0 Å². The molecule has 2 unspecified atom stereocenters. The summed E-state index contributed by atoms with van der Waals surface area (Å²) in [6, 6.07) is 37.3. The molecule has 0 spiro atoms. The highest BCUT2D eigenvalue weighted by molar-refractivity contribution is 7.72. The molecule has 0 N–H and O–H groups in total. The van der Waals surface area contributed by atoms with Crippen molar-refractivity contribution in [1.82, 2.24) is 0 Å². The van der Waals surface area contributed by atoms with Gasteiger partial charge in [0.15, 0.2) is 0 Å². The second-order valence-electron chi connectivity index (χ2n) is 14.1. The van der Waals surface area contributed by atoms with Gasteiger partial charge in [0.05, 0.1) is 11.3 Å². The quantitative estimate of drug-likeness (QED) is 0.149. The van der Waals surface area contributed by atoms with E-state index in [4.69, 9.17) is 0 Å². The SMILES string of the molecule is Cc1cc(C)c(C(c2ccccc2)P(=O)(c2cc(C(C)C)ccc2C(C)C)C(c2ccccc2)c2c(C)cc(C)cc2C)c(C)c1. The molecule has 0 saturated heterocycles. The first-order valence-corrected chi connectivity index (χ1v) is 18.7. The fourth-order valence-electron chi connectivity index (χ4n) is 7.81. The molecule has 0 radical (unpaired) electrons. The first-order valence-electron chi connectivity index (χ1n) is 16.8. The van der Waals surface area contributed by atoms with E-state index in [0.29, 0.717) is 5.92 Å². The predicted octanol–water partition coefficient (Wildman–Crippen LogP) is 12.4. The Balaban J connectivity index is 2.07. The van der Waals surface area contributed by atoms with Crippen molar-refractivity contribution in [3.05, 3.63) is 170 Å². The number of aryl methyl sites for hydroxylation is 6. The van der Waals surface area contributed by atoms with Gasteiger partial charge in [-0.25, -0.2) is 0 Å². The minimum absolute atomic E-state index is 0.206. The molecule has 46 heavy (non-hydrogen) atoms. The molecule has 0 aromatic heterocycles. The monoisotopic (exact) mass is 626 g/mol. The van der Waals surface area contributed by atoms with Crippen LogP contribution in [0.1, 0.15) is 118 Å². The van der Waals surface area contributed by atoms with Crippen molar-refractivity contribution >= 4 is 12.4 Å². The molecule has 0 aliphatic heterocycles. The summed E-state index contributed by atoms with van der Waals surface area (Å²) in [5.74, 6) is 0.516. The molecule has 0 bridgehead atoms. The van der Waals surface area contributed by atoms with Crippen LogP contribution < -0.4 is 5.30 Å². The van der Waals surface area contributed by atoms with Crippen molar-refractivity contribution < 1.29 is 4.57 Å². The Morgan fingerprint density at radius 1 is 0.457 bits per heavy atom. The van der Waals surface area contributed by atoms with Crippen LogP contribution in [-0.4, -0.2) is 0 Å². The number of hydrogen-bond acceptors (Lipinski definition) is 1. The molecule has 2 heteroatoms. The Bertz CT molecular complexity index is 1730. The van der Waals surface area contributed by atoms with Gasteiger partial charge in [0.2, 0.25) is 0 Å².